The van der Waals surface area contributed by atoms with Gasteiger partial charge in [0.25, 0.3) is 0 Å². The van der Waals surface area contributed by atoms with E-state index in [1.54, 1.807) is 12.1 Å². The average molecular weight is 307 g/mol. The lowest BCUT2D eigenvalue weighted by Crippen LogP contribution is -2.45. The molecule has 6 heteroatoms. The Labute approximate surface area is 122 Å². The van der Waals surface area contributed by atoms with Crippen LogP contribution in [0.1, 0.15) is 18.0 Å². The second kappa shape index (κ2) is 6.75. The summed E-state index contributed by atoms with van der Waals surface area (Å²) in [5.41, 5.74) is 0.854. The number of nitrogens with one attached hydrogen (secondary N) is 1. The Morgan fingerprint density at radius 2 is 1.84 bits per heavy atom. The monoisotopic (exact) mass is 306 g/mol. The minimum absolute atomic E-state index is 0.0531. The molecule has 0 spiro atoms. The van der Waals surface area contributed by atoms with Crippen molar-refractivity contribution in [3.63, 3.8) is 0 Å². The van der Waals surface area contributed by atoms with E-state index in [1.807, 2.05) is 0 Å². The number of piperazine rings is 1. The van der Waals surface area contributed by atoms with Crippen molar-refractivity contribution in [1.29, 1.82) is 0 Å². The van der Waals surface area contributed by atoms with Gasteiger partial charge in [0, 0.05) is 32.2 Å². The number of aromatic hydroxyl groups is 1. The molecule has 1 fully saturated rings. The molecule has 1 saturated heterocycles. The molecule has 1 aromatic carbocycles. The molecule has 0 unspecified atom stereocenters. The van der Waals surface area contributed by atoms with Gasteiger partial charge in [-0.1, -0.05) is 23.2 Å². The fourth-order valence-electron chi connectivity index (χ4n) is 2.43. The zero-order valence-electron chi connectivity index (χ0n) is 10.5. The Bertz CT molecular complexity index is 416. The lowest BCUT2D eigenvalue weighted by molar-refractivity contribution is 0.157. The van der Waals surface area contributed by atoms with Crippen LogP contribution in [0, 0.1) is 0 Å². The predicted molar refractivity (Wildman–Crippen MR) is 75.9 cm³/mol. The molecule has 1 aliphatic rings. The van der Waals surface area contributed by atoms with Crippen molar-refractivity contribution in [1.82, 2.24) is 10.2 Å². The molecule has 0 saturated carbocycles. The first-order chi connectivity index (χ1) is 9.13. The zero-order chi connectivity index (χ0) is 13.8. The van der Waals surface area contributed by atoms with Gasteiger partial charge >= 0.3 is 0 Å². The molecule has 0 amide bonds. The van der Waals surface area contributed by atoms with Gasteiger partial charge in [-0.3, -0.25) is 9.29 Å². The highest BCUT2D eigenvalue weighted by Crippen LogP contribution is 2.37. The number of nitrogens with zero attached hydrogens (tertiary/aromatic N) is 1. The number of rotatable bonds is 4. The fourth-order valence-corrected chi connectivity index (χ4v) is 2.94. The standard InChI is InChI=1S/C13H17Cl2FN2O/c14-10-7-9(8-11(15)13(10)19)12(1-2-16)18-5-3-17-4-6-18/h7-8,12,17,19H,1-6H2/t12-/m0/s1. The molecule has 1 aliphatic heterocycles. The summed E-state index contributed by atoms with van der Waals surface area (Å²) in [5, 5.41) is 13.3. The highest BCUT2D eigenvalue weighted by molar-refractivity contribution is 6.37. The maximum absolute atomic E-state index is 12.8. The highest BCUT2D eigenvalue weighted by atomic mass is 35.5. The van der Waals surface area contributed by atoms with E-state index in [4.69, 9.17) is 23.2 Å². The number of hydrogen-bond donors (Lipinski definition) is 2. The summed E-state index contributed by atoms with van der Waals surface area (Å²) in [6.45, 7) is 3.11. The van der Waals surface area contributed by atoms with Crippen LogP contribution in [0.3, 0.4) is 0 Å². The summed E-state index contributed by atoms with van der Waals surface area (Å²) in [5.74, 6) is -0.119. The van der Waals surface area contributed by atoms with Gasteiger partial charge in [0.05, 0.1) is 16.7 Å². The third-order valence-corrected chi connectivity index (χ3v) is 3.98. The smallest absolute Gasteiger partial charge is 0.152 e. The Balaban J connectivity index is 2.27. The number of phenolic OH excluding ortho intramolecular Hbond substituents is 1. The normalized spacial score (nSPS) is 18.5. The molecular formula is C13H17Cl2FN2O. The van der Waals surface area contributed by atoms with Gasteiger partial charge in [0.1, 0.15) is 0 Å². The topological polar surface area (TPSA) is 35.5 Å². The maximum Gasteiger partial charge on any atom is 0.152 e. The van der Waals surface area contributed by atoms with Gasteiger partial charge in [-0.2, -0.15) is 0 Å². The van der Waals surface area contributed by atoms with Crippen LogP contribution in [-0.4, -0.2) is 42.9 Å². The molecule has 0 bridgehead atoms. The minimum atomic E-state index is -0.398. The first kappa shape index (κ1) is 14.9. The van der Waals surface area contributed by atoms with Crippen LogP contribution in [0.25, 0.3) is 0 Å². The van der Waals surface area contributed by atoms with Crippen molar-refractivity contribution in [3.05, 3.63) is 27.7 Å². The number of hydrogen-bond acceptors (Lipinski definition) is 3. The van der Waals surface area contributed by atoms with Crippen molar-refractivity contribution in [2.75, 3.05) is 32.9 Å². The molecule has 2 rings (SSSR count). The van der Waals surface area contributed by atoms with Crippen LogP contribution in [0.15, 0.2) is 12.1 Å². The minimum Gasteiger partial charge on any atom is -0.505 e. The van der Waals surface area contributed by atoms with Crippen LogP contribution < -0.4 is 5.32 Å². The number of benzene rings is 1. The van der Waals surface area contributed by atoms with Crippen molar-refractivity contribution >= 4 is 23.2 Å². The van der Waals surface area contributed by atoms with Gasteiger partial charge in [0.15, 0.2) is 5.75 Å². The summed E-state index contributed by atoms with van der Waals surface area (Å²) in [6.07, 6.45) is 0.400. The fraction of sp³-hybridized carbons (Fsp3) is 0.538. The van der Waals surface area contributed by atoms with Gasteiger partial charge in [-0.25, -0.2) is 0 Å². The number of halogens is 3. The first-order valence-corrected chi connectivity index (χ1v) is 7.07. The zero-order valence-corrected chi connectivity index (χ0v) is 12.0. The molecule has 0 radical (unpaired) electrons. The van der Waals surface area contributed by atoms with Crippen LogP contribution in [0.4, 0.5) is 4.39 Å². The van der Waals surface area contributed by atoms with E-state index in [0.717, 1.165) is 31.7 Å². The van der Waals surface area contributed by atoms with Crippen molar-refractivity contribution in [3.8, 4) is 5.75 Å². The van der Waals surface area contributed by atoms with Crippen molar-refractivity contribution in [2.45, 2.75) is 12.5 Å². The van der Waals surface area contributed by atoms with E-state index in [1.165, 1.54) is 0 Å². The van der Waals surface area contributed by atoms with Crippen LogP contribution in [0.5, 0.6) is 5.75 Å². The lowest BCUT2D eigenvalue weighted by Gasteiger charge is -2.35. The van der Waals surface area contributed by atoms with E-state index in [2.05, 4.69) is 10.2 Å². The Kier molecular flexibility index (Phi) is 5.28. The van der Waals surface area contributed by atoms with E-state index < -0.39 is 6.67 Å². The summed E-state index contributed by atoms with van der Waals surface area (Å²) < 4.78 is 12.8. The molecule has 0 aliphatic carbocycles. The summed E-state index contributed by atoms with van der Waals surface area (Å²) in [4.78, 5) is 2.22. The van der Waals surface area contributed by atoms with Crippen molar-refractivity contribution < 1.29 is 9.50 Å². The summed E-state index contributed by atoms with van der Waals surface area (Å²) >= 11 is 11.9. The van der Waals surface area contributed by atoms with Crippen LogP contribution in [0.2, 0.25) is 10.0 Å². The highest BCUT2D eigenvalue weighted by Gasteiger charge is 2.23. The van der Waals surface area contributed by atoms with Gasteiger partial charge in [0.2, 0.25) is 0 Å². The van der Waals surface area contributed by atoms with Gasteiger partial charge in [-0.15, -0.1) is 0 Å². The molecule has 0 aromatic heterocycles. The molecule has 1 aromatic rings. The van der Waals surface area contributed by atoms with E-state index in [0.29, 0.717) is 6.42 Å². The number of phenols is 1. The van der Waals surface area contributed by atoms with Gasteiger partial charge in [-0.05, 0) is 24.1 Å². The average Bonchev–Trinajstić information content (AvgIpc) is 2.42. The third kappa shape index (κ3) is 3.51. The third-order valence-electron chi connectivity index (χ3n) is 3.40. The largest absolute Gasteiger partial charge is 0.505 e. The lowest BCUT2D eigenvalue weighted by atomic mass is 10.0. The van der Waals surface area contributed by atoms with Crippen LogP contribution in [-0.2, 0) is 0 Å². The quantitative estimate of drug-likeness (QED) is 0.897. The second-order valence-corrected chi connectivity index (χ2v) is 5.43. The Hall–Kier alpha value is -0.550. The molecular weight excluding hydrogens is 290 g/mol. The Morgan fingerprint density at radius 1 is 1.26 bits per heavy atom. The molecule has 3 nitrogen and oxygen atoms in total. The second-order valence-electron chi connectivity index (χ2n) is 4.61. The molecule has 1 heterocycles. The maximum atomic E-state index is 12.8. The predicted octanol–water partition coefficient (Wildman–Crippen LogP) is 3.00. The molecule has 19 heavy (non-hydrogen) atoms. The summed E-state index contributed by atoms with van der Waals surface area (Å²) in [7, 11) is 0. The van der Waals surface area contributed by atoms with E-state index >= 15 is 0 Å². The SMILES string of the molecule is Oc1c(Cl)cc([C@H](CCF)N2CCNCC2)cc1Cl. The van der Waals surface area contributed by atoms with Crippen molar-refractivity contribution in [2.24, 2.45) is 0 Å². The number of alkyl halides is 1. The van der Waals surface area contributed by atoms with Crippen LogP contribution >= 0.6 is 23.2 Å². The molecule has 106 valence electrons. The summed E-state index contributed by atoms with van der Waals surface area (Å²) in [6, 6.07) is 3.29. The molecule has 2 N–H and O–H groups in total. The first-order valence-electron chi connectivity index (χ1n) is 6.32. The van der Waals surface area contributed by atoms with E-state index in [-0.39, 0.29) is 21.8 Å². The Morgan fingerprint density at radius 3 is 2.37 bits per heavy atom. The molecule has 1 atom stereocenters. The van der Waals surface area contributed by atoms with Gasteiger partial charge < -0.3 is 10.4 Å². The van der Waals surface area contributed by atoms with E-state index in [9.17, 15) is 9.50 Å².